The Bertz CT molecular complexity index is 1010. The Morgan fingerprint density at radius 3 is 2.25 bits per heavy atom. The maximum Gasteiger partial charge on any atom is 1.00 e. The van der Waals surface area contributed by atoms with Gasteiger partial charge in [-0.15, -0.1) is 5.11 Å². The molecule has 8 heteroatoms. The molecule has 0 heterocycles. The summed E-state index contributed by atoms with van der Waals surface area (Å²) in [4.78, 5) is -0.325. The number of rotatable bonds is 3. The number of hydrogen-bond donors (Lipinski definition) is 1. The van der Waals surface area contributed by atoms with E-state index in [0.29, 0.717) is 27.8 Å². The summed E-state index contributed by atoms with van der Waals surface area (Å²) < 4.78 is 33.4. The Balaban J connectivity index is 0.00000208. The molecule has 3 aromatic rings. The number of nitrogens with zero attached hydrogens (tertiary/aromatic N) is 2. The van der Waals surface area contributed by atoms with E-state index in [1.807, 2.05) is 30.3 Å². The number of hydrogen-bond acceptors (Lipinski definition) is 6. The van der Waals surface area contributed by atoms with Crippen LogP contribution in [0.25, 0.3) is 10.8 Å². The molecule has 24 heavy (non-hydrogen) atoms. The van der Waals surface area contributed by atoms with Gasteiger partial charge in [0.2, 0.25) is 0 Å². The minimum Gasteiger partial charge on any atom is -0.744 e. The van der Waals surface area contributed by atoms with Crippen LogP contribution >= 0.6 is 0 Å². The van der Waals surface area contributed by atoms with E-state index in [-0.39, 0.29) is 34.5 Å². The van der Waals surface area contributed by atoms with E-state index in [1.54, 1.807) is 12.1 Å². The van der Waals surface area contributed by atoms with Gasteiger partial charge < -0.3 is 10.3 Å². The van der Waals surface area contributed by atoms with E-state index < -0.39 is 10.1 Å². The van der Waals surface area contributed by atoms with Gasteiger partial charge in [-0.2, -0.15) is 5.11 Å². The maximum atomic E-state index is 11.1. The van der Waals surface area contributed by atoms with Crippen molar-refractivity contribution >= 4 is 38.0 Å². The number of benzene rings is 3. The molecule has 3 aromatic carbocycles. The summed E-state index contributed by atoms with van der Waals surface area (Å²) in [6.45, 7) is 0. The van der Waals surface area contributed by atoms with Crippen LogP contribution < -0.4 is 35.3 Å². The molecule has 0 aliphatic carbocycles. The first-order chi connectivity index (χ1) is 10.9. The van der Waals surface area contributed by atoms with Crippen molar-refractivity contribution in [2.75, 3.05) is 5.73 Å². The second-order valence-electron chi connectivity index (χ2n) is 4.87. The van der Waals surface area contributed by atoms with E-state index >= 15 is 0 Å². The average molecular weight is 349 g/mol. The third-order valence-corrected chi connectivity index (χ3v) is 4.15. The van der Waals surface area contributed by atoms with Gasteiger partial charge in [-0.25, -0.2) is 8.42 Å². The summed E-state index contributed by atoms with van der Waals surface area (Å²) in [5.41, 5.74) is 7.47. The van der Waals surface area contributed by atoms with Crippen molar-refractivity contribution in [2.45, 2.75) is 4.90 Å². The largest absolute Gasteiger partial charge is 1.00 e. The van der Waals surface area contributed by atoms with Crippen LogP contribution in [0.1, 0.15) is 0 Å². The van der Waals surface area contributed by atoms with Crippen LogP contribution in [0.15, 0.2) is 75.8 Å². The van der Waals surface area contributed by atoms with Crippen molar-refractivity contribution < 1.29 is 42.5 Å². The Labute approximate surface area is 161 Å². The van der Waals surface area contributed by atoms with Gasteiger partial charge in [0.25, 0.3) is 0 Å². The first-order valence-electron chi connectivity index (χ1n) is 6.70. The van der Waals surface area contributed by atoms with Crippen molar-refractivity contribution in [3.05, 3.63) is 60.7 Å². The minimum atomic E-state index is -4.54. The molecule has 0 aliphatic heterocycles. The minimum absolute atomic E-state index is 0. The molecule has 6 nitrogen and oxygen atoms in total. The molecular weight excluding hydrogens is 337 g/mol. The first kappa shape index (κ1) is 18.6. The van der Waals surface area contributed by atoms with Crippen LogP contribution in [0.4, 0.5) is 17.1 Å². The number of nitrogens with two attached hydrogens (primary N) is 1. The van der Waals surface area contributed by atoms with Crippen molar-refractivity contribution in [3.8, 4) is 0 Å². The zero-order valence-electron chi connectivity index (χ0n) is 12.9. The molecule has 0 unspecified atom stereocenters. The molecule has 2 N–H and O–H groups in total. The molecule has 0 amide bonds. The summed E-state index contributed by atoms with van der Waals surface area (Å²) in [7, 11) is -4.54. The zero-order valence-corrected chi connectivity index (χ0v) is 15.7. The number of nitrogen functional groups attached to an aromatic ring is 1. The van der Waals surface area contributed by atoms with Crippen LogP contribution in [-0.2, 0) is 10.1 Å². The molecular formula is C16H12N3NaO3S. The van der Waals surface area contributed by atoms with Crippen molar-refractivity contribution in [2.24, 2.45) is 10.2 Å². The molecule has 0 radical (unpaired) electrons. The summed E-state index contributed by atoms with van der Waals surface area (Å²) in [6, 6.07) is 16.5. The molecule has 0 spiro atoms. The van der Waals surface area contributed by atoms with Gasteiger partial charge in [0, 0.05) is 16.5 Å². The fourth-order valence-electron chi connectivity index (χ4n) is 2.18. The second-order valence-corrected chi connectivity index (χ2v) is 6.25. The molecule has 0 fully saturated rings. The summed E-state index contributed by atoms with van der Waals surface area (Å²) in [5, 5.41) is 9.38. The molecule has 0 saturated heterocycles. The molecule has 0 saturated carbocycles. The van der Waals surface area contributed by atoms with Crippen LogP contribution in [0.5, 0.6) is 0 Å². The Hall–Kier alpha value is -1.77. The van der Waals surface area contributed by atoms with Crippen LogP contribution in [0.2, 0.25) is 0 Å². The third-order valence-electron chi connectivity index (χ3n) is 3.32. The van der Waals surface area contributed by atoms with Gasteiger partial charge in [0.05, 0.1) is 16.3 Å². The summed E-state index contributed by atoms with van der Waals surface area (Å²) in [6.07, 6.45) is 0. The summed E-state index contributed by atoms with van der Waals surface area (Å²) >= 11 is 0. The second kappa shape index (κ2) is 7.42. The van der Waals surface area contributed by atoms with E-state index in [0.717, 1.165) is 0 Å². The van der Waals surface area contributed by atoms with Gasteiger partial charge in [-0.1, -0.05) is 24.3 Å². The predicted molar refractivity (Wildman–Crippen MR) is 86.9 cm³/mol. The smallest absolute Gasteiger partial charge is 0.744 e. The van der Waals surface area contributed by atoms with Crippen molar-refractivity contribution in [3.63, 3.8) is 0 Å². The van der Waals surface area contributed by atoms with E-state index in [9.17, 15) is 13.0 Å². The molecule has 0 aromatic heterocycles. The monoisotopic (exact) mass is 349 g/mol. The Morgan fingerprint density at radius 1 is 0.875 bits per heavy atom. The van der Waals surface area contributed by atoms with E-state index in [1.165, 1.54) is 18.2 Å². The number of azo groups is 1. The van der Waals surface area contributed by atoms with Crippen LogP contribution in [0.3, 0.4) is 0 Å². The van der Waals surface area contributed by atoms with Gasteiger partial charge in [-0.05, 0) is 36.4 Å². The fourth-order valence-corrected chi connectivity index (χ4v) is 2.68. The predicted octanol–water partition coefficient (Wildman–Crippen LogP) is 0.745. The maximum absolute atomic E-state index is 11.1. The number of fused-ring (bicyclic) bond motifs is 1. The quantitative estimate of drug-likeness (QED) is 0.326. The molecule has 3 rings (SSSR count). The van der Waals surface area contributed by atoms with Crippen LogP contribution in [0, 0.1) is 0 Å². The topological polar surface area (TPSA) is 108 Å². The first-order valence-corrected chi connectivity index (χ1v) is 8.11. The molecule has 0 bridgehead atoms. The average Bonchev–Trinajstić information content (AvgIpc) is 2.54. The SMILES string of the molecule is Nc1ccc(N=Nc2ccccc2)c2ccc(S(=O)(=O)[O-])cc12.[Na+]. The van der Waals surface area contributed by atoms with Gasteiger partial charge in [0.15, 0.2) is 0 Å². The van der Waals surface area contributed by atoms with Gasteiger partial charge in [0.1, 0.15) is 10.1 Å². The van der Waals surface area contributed by atoms with Crippen molar-refractivity contribution in [1.29, 1.82) is 0 Å². The van der Waals surface area contributed by atoms with E-state index in [4.69, 9.17) is 5.73 Å². The molecule has 0 aliphatic rings. The molecule has 116 valence electrons. The van der Waals surface area contributed by atoms with Gasteiger partial charge >= 0.3 is 29.6 Å². The standard InChI is InChI=1S/C16H13N3O3S.Na/c17-15-8-9-16(19-18-11-4-2-1-3-5-11)13-7-6-12(10-14(13)15)23(20,21)22;/h1-10H,17H2,(H,20,21,22);/q;+1/p-1. The van der Waals surface area contributed by atoms with E-state index in [2.05, 4.69) is 10.2 Å². The van der Waals surface area contributed by atoms with Crippen LogP contribution in [-0.4, -0.2) is 13.0 Å². The fraction of sp³-hybridized carbons (Fsp3) is 0. The molecule has 0 atom stereocenters. The van der Waals surface area contributed by atoms with Crippen molar-refractivity contribution in [1.82, 2.24) is 0 Å². The zero-order chi connectivity index (χ0) is 16.4. The Morgan fingerprint density at radius 2 is 1.58 bits per heavy atom. The van der Waals surface area contributed by atoms with Gasteiger partial charge in [-0.3, -0.25) is 0 Å². The summed E-state index contributed by atoms with van der Waals surface area (Å²) in [5.74, 6) is 0. The number of anilines is 1. The third kappa shape index (κ3) is 4.00. The normalized spacial score (nSPS) is 11.5. The Kier molecular flexibility index (Phi) is 5.74.